The number of carbonyl (C=O) groups excluding carboxylic acids is 1. The van der Waals surface area contributed by atoms with Crippen molar-refractivity contribution in [1.82, 2.24) is 0 Å². The van der Waals surface area contributed by atoms with E-state index in [1.165, 1.54) is 38.5 Å². The van der Waals surface area contributed by atoms with Crippen molar-refractivity contribution in [3.8, 4) is 0 Å². The lowest BCUT2D eigenvalue weighted by Crippen LogP contribution is -2.16. The normalized spacial score (nSPS) is 12.0. The largest absolute Gasteiger partial charge is 0.487 e. The molecule has 1 unspecified atom stereocenters. The summed E-state index contributed by atoms with van der Waals surface area (Å²) in [5, 5.41) is 0. The third-order valence-electron chi connectivity index (χ3n) is 4.00. The van der Waals surface area contributed by atoms with Gasteiger partial charge >= 0.3 is 5.97 Å². The van der Waals surface area contributed by atoms with E-state index < -0.39 is 5.97 Å². The van der Waals surface area contributed by atoms with Gasteiger partial charge in [-0.3, -0.25) is 0 Å². The molecule has 0 aromatic carbocycles. The lowest BCUT2D eigenvalue weighted by molar-refractivity contribution is -0.144. The van der Waals surface area contributed by atoms with Crippen molar-refractivity contribution in [2.24, 2.45) is 5.92 Å². The molecule has 0 saturated carbocycles. The van der Waals surface area contributed by atoms with Gasteiger partial charge in [-0.1, -0.05) is 72.1 Å². The second-order valence-corrected chi connectivity index (χ2v) is 6.05. The highest BCUT2D eigenvalue weighted by molar-refractivity contribution is 5.85. The van der Waals surface area contributed by atoms with Gasteiger partial charge in [0.1, 0.15) is 0 Å². The average molecular weight is 312 g/mol. The Bertz CT molecular complexity index is 286. The Balaban J connectivity index is 3.67. The summed E-state index contributed by atoms with van der Waals surface area (Å²) in [5.74, 6) is 0.204. The molecule has 0 aromatic heterocycles. The molecule has 0 aliphatic heterocycles. The van der Waals surface area contributed by atoms with Crippen molar-refractivity contribution < 1.29 is 14.3 Å². The van der Waals surface area contributed by atoms with Crippen LogP contribution in [-0.2, 0) is 14.3 Å². The van der Waals surface area contributed by atoms with Gasteiger partial charge in [-0.15, -0.1) is 0 Å². The Labute approximate surface area is 137 Å². The fourth-order valence-corrected chi connectivity index (χ4v) is 2.31. The lowest BCUT2D eigenvalue weighted by atomic mass is 10.0. The van der Waals surface area contributed by atoms with Gasteiger partial charge in [-0.05, 0) is 25.3 Å². The third-order valence-corrected chi connectivity index (χ3v) is 4.00. The first kappa shape index (κ1) is 21.0. The van der Waals surface area contributed by atoms with Gasteiger partial charge in [0.05, 0.1) is 13.2 Å². The number of ether oxygens (including phenoxy) is 2. The number of esters is 1. The predicted octanol–water partition coefficient (Wildman–Crippen LogP) is 5.64. The molecule has 0 rings (SSSR count). The van der Waals surface area contributed by atoms with Gasteiger partial charge in [0.25, 0.3) is 0 Å². The van der Waals surface area contributed by atoms with Crippen LogP contribution in [0.3, 0.4) is 0 Å². The molecule has 0 saturated heterocycles. The second kappa shape index (κ2) is 14.9. The van der Waals surface area contributed by atoms with Gasteiger partial charge in [-0.25, -0.2) is 4.79 Å². The molecule has 0 aliphatic rings. The van der Waals surface area contributed by atoms with Crippen LogP contribution in [0, 0.1) is 5.92 Å². The number of carbonyl (C=O) groups is 1. The Morgan fingerprint density at radius 1 is 0.909 bits per heavy atom. The van der Waals surface area contributed by atoms with E-state index in [9.17, 15) is 4.79 Å². The number of hydrogen-bond donors (Lipinski definition) is 0. The van der Waals surface area contributed by atoms with E-state index in [1.807, 2.05) is 0 Å². The second-order valence-electron chi connectivity index (χ2n) is 6.05. The average Bonchev–Trinajstić information content (AvgIpc) is 2.53. The van der Waals surface area contributed by atoms with Crippen LogP contribution in [0.4, 0.5) is 0 Å². The molecule has 0 heterocycles. The highest BCUT2D eigenvalue weighted by atomic mass is 16.6. The minimum absolute atomic E-state index is 0.152. The van der Waals surface area contributed by atoms with Crippen molar-refractivity contribution >= 4 is 5.97 Å². The van der Waals surface area contributed by atoms with E-state index in [1.54, 1.807) is 0 Å². The highest BCUT2D eigenvalue weighted by Crippen LogP contribution is 2.14. The van der Waals surface area contributed by atoms with E-state index in [0.717, 1.165) is 25.7 Å². The monoisotopic (exact) mass is 312 g/mol. The maximum absolute atomic E-state index is 11.8. The van der Waals surface area contributed by atoms with Gasteiger partial charge in [-0.2, -0.15) is 0 Å². The molecular weight excluding hydrogens is 276 g/mol. The fourth-order valence-electron chi connectivity index (χ4n) is 2.31. The van der Waals surface area contributed by atoms with Crippen molar-refractivity contribution in [2.75, 3.05) is 13.2 Å². The quantitative estimate of drug-likeness (QED) is 0.170. The van der Waals surface area contributed by atoms with Crippen LogP contribution in [0.15, 0.2) is 12.3 Å². The highest BCUT2D eigenvalue weighted by Gasteiger charge is 2.13. The zero-order valence-electron chi connectivity index (χ0n) is 15.0. The summed E-state index contributed by atoms with van der Waals surface area (Å²) in [6.07, 6.45) is 11.7. The predicted molar refractivity (Wildman–Crippen MR) is 92.7 cm³/mol. The first-order valence-electron chi connectivity index (χ1n) is 9.14. The summed E-state index contributed by atoms with van der Waals surface area (Å²) in [6.45, 7) is 11.2. The molecule has 22 heavy (non-hydrogen) atoms. The van der Waals surface area contributed by atoms with E-state index >= 15 is 0 Å². The fraction of sp³-hybridized carbons (Fsp3) is 0.842. The maximum atomic E-state index is 11.8. The van der Waals surface area contributed by atoms with E-state index in [-0.39, 0.29) is 5.76 Å². The number of hydrogen-bond acceptors (Lipinski definition) is 3. The molecule has 0 radical (unpaired) electrons. The number of unbranched alkanes of at least 4 members (excludes halogenated alkanes) is 6. The molecule has 3 nitrogen and oxygen atoms in total. The Morgan fingerprint density at radius 3 is 2.18 bits per heavy atom. The van der Waals surface area contributed by atoms with Crippen molar-refractivity contribution in [2.45, 2.75) is 85.0 Å². The van der Waals surface area contributed by atoms with Gasteiger partial charge in [0.15, 0.2) is 5.76 Å². The third kappa shape index (κ3) is 11.6. The molecule has 130 valence electrons. The van der Waals surface area contributed by atoms with Crippen molar-refractivity contribution in [3.05, 3.63) is 12.3 Å². The van der Waals surface area contributed by atoms with Crippen LogP contribution in [-0.4, -0.2) is 19.2 Å². The van der Waals surface area contributed by atoms with E-state index in [2.05, 4.69) is 27.4 Å². The van der Waals surface area contributed by atoms with Crippen LogP contribution in [0.2, 0.25) is 0 Å². The Hall–Kier alpha value is -0.990. The lowest BCUT2D eigenvalue weighted by Gasteiger charge is -2.15. The molecular formula is C19H36O3. The molecule has 0 N–H and O–H groups in total. The van der Waals surface area contributed by atoms with Crippen molar-refractivity contribution in [1.29, 1.82) is 0 Å². The van der Waals surface area contributed by atoms with Crippen LogP contribution >= 0.6 is 0 Å². The van der Waals surface area contributed by atoms with Gasteiger partial charge < -0.3 is 9.47 Å². The summed E-state index contributed by atoms with van der Waals surface area (Å²) < 4.78 is 10.7. The summed E-state index contributed by atoms with van der Waals surface area (Å²) in [5.41, 5.74) is 0. The standard InChI is InChI=1S/C19H36O3/c1-5-8-10-11-12-13-15-21-17(4)19(20)22-16-18(7-3)14-9-6-2/h18H,4-16H2,1-3H3. The Morgan fingerprint density at radius 2 is 1.55 bits per heavy atom. The Kier molecular flexibility index (Phi) is 14.3. The van der Waals surface area contributed by atoms with E-state index in [0.29, 0.717) is 19.1 Å². The minimum Gasteiger partial charge on any atom is -0.487 e. The number of rotatable bonds is 15. The van der Waals surface area contributed by atoms with Gasteiger partial charge in [0, 0.05) is 0 Å². The molecule has 0 spiro atoms. The molecule has 0 bridgehead atoms. The molecule has 3 heteroatoms. The molecule has 0 aromatic rings. The topological polar surface area (TPSA) is 35.5 Å². The van der Waals surface area contributed by atoms with Crippen molar-refractivity contribution in [3.63, 3.8) is 0 Å². The SMILES string of the molecule is C=C(OCCCCCCCC)C(=O)OCC(CC)CCCC. The summed E-state index contributed by atoms with van der Waals surface area (Å²) >= 11 is 0. The molecule has 1 atom stereocenters. The summed E-state index contributed by atoms with van der Waals surface area (Å²) in [7, 11) is 0. The van der Waals surface area contributed by atoms with Crippen LogP contribution in [0.1, 0.15) is 85.0 Å². The smallest absolute Gasteiger partial charge is 0.372 e. The molecule has 0 fully saturated rings. The van der Waals surface area contributed by atoms with Crippen LogP contribution < -0.4 is 0 Å². The molecule has 0 aliphatic carbocycles. The van der Waals surface area contributed by atoms with Gasteiger partial charge in [0.2, 0.25) is 0 Å². The zero-order valence-corrected chi connectivity index (χ0v) is 15.0. The summed E-state index contributed by atoms with van der Waals surface area (Å²) in [6, 6.07) is 0. The summed E-state index contributed by atoms with van der Waals surface area (Å²) in [4.78, 5) is 11.8. The zero-order chi connectivity index (χ0) is 16.6. The minimum atomic E-state index is -0.402. The molecule has 0 amide bonds. The van der Waals surface area contributed by atoms with Crippen LogP contribution in [0.5, 0.6) is 0 Å². The first-order chi connectivity index (χ1) is 10.7. The van der Waals surface area contributed by atoms with Crippen LogP contribution in [0.25, 0.3) is 0 Å². The maximum Gasteiger partial charge on any atom is 0.372 e. The van der Waals surface area contributed by atoms with E-state index in [4.69, 9.17) is 9.47 Å². The first-order valence-corrected chi connectivity index (χ1v) is 9.14.